The Morgan fingerprint density at radius 3 is 2.67 bits per heavy atom. The van der Waals surface area contributed by atoms with Crippen molar-refractivity contribution in [1.29, 1.82) is 0 Å². The van der Waals surface area contributed by atoms with Crippen LogP contribution in [-0.4, -0.2) is 15.0 Å². The topological polar surface area (TPSA) is 87.1 Å². The Balaban J connectivity index is 3.10. The fraction of sp³-hybridized carbons (Fsp3) is 0.444. The standard InChI is InChI=1S/C9H13N3O3/c1-2-11-5-4-8(14)12(9(11)15)6-3-7(10)13/h4-5H,2-3,6H2,1H3,(H2,10,13). The molecule has 15 heavy (non-hydrogen) atoms. The highest BCUT2D eigenvalue weighted by Gasteiger charge is 2.04. The molecule has 82 valence electrons. The van der Waals surface area contributed by atoms with Crippen LogP contribution in [0.1, 0.15) is 13.3 Å². The van der Waals surface area contributed by atoms with Crippen LogP contribution in [-0.2, 0) is 17.9 Å². The molecule has 0 atom stereocenters. The second kappa shape index (κ2) is 4.59. The van der Waals surface area contributed by atoms with Gasteiger partial charge >= 0.3 is 5.69 Å². The number of carbonyl (C=O) groups is 1. The van der Waals surface area contributed by atoms with Gasteiger partial charge in [-0.2, -0.15) is 0 Å². The van der Waals surface area contributed by atoms with E-state index in [-0.39, 0.29) is 13.0 Å². The van der Waals surface area contributed by atoms with Gasteiger partial charge in [-0.3, -0.25) is 14.2 Å². The van der Waals surface area contributed by atoms with Gasteiger partial charge in [0.25, 0.3) is 5.56 Å². The summed E-state index contributed by atoms with van der Waals surface area (Å²) < 4.78 is 2.40. The number of hydrogen-bond acceptors (Lipinski definition) is 3. The van der Waals surface area contributed by atoms with E-state index in [9.17, 15) is 14.4 Å². The van der Waals surface area contributed by atoms with Crippen molar-refractivity contribution in [1.82, 2.24) is 9.13 Å². The summed E-state index contributed by atoms with van der Waals surface area (Å²) in [5.41, 5.74) is 4.13. The highest BCUT2D eigenvalue weighted by molar-refractivity contribution is 5.73. The van der Waals surface area contributed by atoms with Gasteiger partial charge in [-0.05, 0) is 6.92 Å². The smallest absolute Gasteiger partial charge is 0.330 e. The Morgan fingerprint density at radius 1 is 1.47 bits per heavy atom. The van der Waals surface area contributed by atoms with Crippen LogP contribution in [0, 0.1) is 0 Å². The fourth-order valence-electron chi connectivity index (χ4n) is 1.23. The number of hydrogen-bond donors (Lipinski definition) is 1. The number of nitrogens with two attached hydrogens (primary N) is 1. The molecule has 1 rings (SSSR count). The van der Waals surface area contributed by atoms with Crippen molar-refractivity contribution < 1.29 is 4.79 Å². The first-order valence-corrected chi connectivity index (χ1v) is 4.65. The summed E-state index contributed by atoms with van der Waals surface area (Å²) in [5.74, 6) is -0.534. The molecule has 2 N–H and O–H groups in total. The van der Waals surface area contributed by atoms with Crippen LogP contribution < -0.4 is 17.0 Å². The molecular formula is C9H13N3O3. The van der Waals surface area contributed by atoms with E-state index in [1.807, 2.05) is 0 Å². The average molecular weight is 211 g/mol. The maximum Gasteiger partial charge on any atom is 0.330 e. The third-order valence-electron chi connectivity index (χ3n) is 2.06. The lowest BCUT2D eigenvalue weighted by Gasteiger charge is -2.06. The quantitative estimate of drug-likeness (QED) is 0.686. The summed E-state index contributed by atoms with van der Waals surface area (Å²) in [6.07, 6.45) is 1.42. The first-order valence-electron chi connectivity index (χ1n) is 4.65. The van der Waals surface area contributed by atoms with E-state index in [1.54, 1.807) is 6.92 Å². The predicted molar refractivity (Wildman–Crippen MR) is 54.4 cm³/mol. The van der Waals surface area contributed by atoms with E-state index in [1.165, 1.54) is 16.8 Å². The van der Waals surface area contributed by atoms with E-state index in [0.29, 0.717) is 6.54 Å². The molecule has 0 spiro atoms. The summed E-state index contributed by atoms with van der Waals surface area (Å²) >= 11 is 0. The number of amides is 1. The van der Waals surface area contributed by atoms with Gasteiger partial charge in [0, 0.05) is 31.8 Å². The third kappa shape index (κ3) is 2.55. The summed E-state index contributed by atoms with van der Waals surface area (Å²) in [6.45, 7) is 2.31. The molecule has 0 aliphatic carbocycles. The molecule has 0 bridgehead atoms. The Bertz CT molecular complexity index is 472. The van der Waals surface area contributed by atoms with Crippen LogP contribution in [0.2, 0.25) is 0 Å². The zero-order valence-corrected chi connectivity index (χ0v) is 8.47. The maximum atomic E-state index is 11.6. The number of primary amides is 1. The van der Waals surface area contributed by atoms with Crippen molar-refractivity contribution in [2.45, 2.75) is 26.4 Å². The molecule has 0 aliphatic rings. The monoisotopic (exact) mass is 211 g/mol. The Kier molecular flexibility index (Phi) is 3.43. The molecule has 6 heteroatoms. The lowest BCUT2D eigenvalue weighted by molar-refractivity contribution is -0.118. The summed E-state index contributed by atoms with van der Waals surface area (Å²) in [6, 6.07) is 1.30. The zero-order chi connectivity index (χ0) is 11.4. The minimum Gasteiger partial charge on any atom is -0.370 e. The Hall–Kier alpha value is -1.85. The molecule has 1 heterocycles. The molecule has 0 fully saturated rings. The number of nitrogens with zero attached hydrogens (tertiary/aromatic N) is 2. The van der Waals surface area contributed by atoms with Gasteiger partial charge in [0.15, 0.2) is 0 Å². The van der Waals surface area contributed by atoms with Crippen molar-refractivity contribution in [3.05, 3.63) is 33.1 Å². The predicted octanol–water partition coefficient (Wildman–Crippen LogP) is -1.09. The van der Waals surface area contributed by atoms with Crippen LogP contribution >= 0.6 is 0 Å². The van der Waals surface area contributed by atoms with Crippen LogP contribution in [0.3, 0.4) is 0 Å². The Labute approximate surface area is 85.9 Å². The molecule has 0 radical (unpaired) electrons. The third-order valence-corrected chi connectivity index (χ3v) is 2.06. The molecular weight excluding hydrogens is 198 g/mol. The van der Waals surface area contributed by atoms with Crippen LogP contribution in [0.5, 0.6) is 0 Å². The molecule has 1 aromatic rings. The van der Waals surface area contributed by atoms with Crippen molar-refractivity contribution in [3.63, 3.8) is 0 Å². The minimum atomic E-state index is -0.534. The molecule has 6 nitrogen and oxygen atoms in total. The second-order valence-electron chi connectivity index (χ2n) is 3.09. The summed E-state index contributed by atoms with van der Waals surface area (Å²) in [7, 11) is 0. The number of carbonyl (C=O) groups excluding carboxylic acids is 1. The molecule has 0 saturated carbocycles. The zero-order valence-electron chi connectivity index (χ0n) is 8.47. The van der Waals surface area contributed by atoms with E-state index < -0.39 is 17.2 Å². The first kappa shape index (κ1) is 11.2. The Morgan fingerprint density at radius 2 is 2.13 bits per heavy atom. The van der Waals surface area contributed by atoms with Crippen LogP contribution in [0.4, 0.5) is 0 Å². The number of aromatic nitrogens is 2. The first-order chi connectivity index (χ1) is 7.06. The van der Waals surface area contributed by atoms with E-state index in [0.717, 1.165) is 4.57 Å². The molecule has 0 aliphatic heterocycles. The van der Waals surface area contributed by atoms with Gasteiger partial charge in [-0.1, -0.05) is 0 Å². The normalized spacial score (nSPS) is 10.2. The minimum absolute atomic E-state index is 0.0110. The van der Waals surface area contributed by atoms with Crippen molar-refractivity contribution in [2.75, 3.05) is 0 Å². The van der Waals surface area contributed by atoms with Crippen molar-refractivity contribution in [2.24, 2.45) is 5.73 Å². The van der Waals surface area contributed by atoms with Gasteiger partial charge < -0.3 is 10.3 Å². The van der Waals surface area contributed by atoms with Crippen molar-refractivity contribution in [3.8, 4) is 0 Å². The molecule has 1 aromatic heterocycles. The van der Waals surface area contributed by atoms with Gasteiger partial charge in [-0.25, -0.2) is 4.79 Å². The van der Waals surface area contributed by atoms with Gasteiger partial charge in [0.1, 0.15) is 0 Å². The second-order valence-corrected chi connectivity index (χ2v) is 3.09. The molecule has 0 aromatic carbocycles. The largest absolute Gasteiger partial charge is 0.370 e. The fourth-order valence-corrected chi connectivity index (χ4v) is 1.23. The SMILES string of the molecule is CCn1ccc(=O)n(CCC(N)=O)c1=O. The average Bonchev–Trinajstić information content (AvgIpc) is 2.17. The van der Waals surface area contributed by atoms with E-state index >= 15 is 0 Å². The lowest BCUT2D eigenvalue weighted by atomic mass is 10.4. The highest BCUT2D eigenvalue weighted by Crippen LogP contribution is 1.83. The highest BCUT2D eigenvalue weighted by atomic mass is 16.2. The maximum absolute atomic E-state index is 11.6. The van der Waals surface area contributed by atoms with Gasteiger partial charge in [0.2, 0.25) is 5.91 Å². The van der Waals surface area contributed by atoms with Gasteiger partial charge in [-0.15, -0.1) is 0 Å². The van der Waals surface area contributed by atoms with Crippen LogP contribution in [0.15, 0.2) is 21.9 Å². The number of rotatable bonds is 4. The molecule has 0 saturated heterocycles. The van der Waals surface area contributed by atoms with E-state index in [4.69, 9.17) is 5.73 Å². The molecule has 1 amide bonds. The van der Waals surface area contributed by atoms with Gasteiger partial charge in [0.05, 0.1) is 0 Å². The van der Waals surface area contributed by atoms with Crippen molar-refractivity contribution >= 4 is 5.91 Å². The summed E-state index contributed by atoms with van der Waals surface area (Å²) in [4.78, 5) is 33.5. The summed E-state index contributed by atoms with van der Waals surface area (Å²) in [5, 5.41) is 0. The molecule has 0 unspecified atom stereocenters. The lowest BCUT2D eigenvalue weighted by Crippen LogP contribution is -2.39. The van der Waals surface area contributed by atoms with Crippen LogP contribution in [0.25, 0.3) is 0 Å². The number of aryl methyl sites for hydroxylation is 1. The van der Waals surface area contributed by atoms with E-state index in [2.05, 4.69) is 0 Å².